The van der Waals surface area contributed by atoms with E-state index < -0.39 is 5.97 Å². The Kier molecular flexibility index (Phi) is 13.7. The molecule has 6 N–H and O–H groups in total. The second-order valence-electron chi connectivity index (χ2n) is 10.5. The number of benzene rings is 1. The monoisotopic (exact) mass is 510 g/mol. The molecule has 36 heavy (non-hydrogen) atoms. The lowest BCUT2D eigenvalue weighted by Crippen LogP contribution is -3.10. The molecular formula is C28H48NO7+. The molecule has 0 unspecified atom stereocenters. The van der Waals surface area contributed by atoms with E-state index in [1.807, 2.05) is 19.2 Å². The number of nitrogens with one attached hydrogen (secondary N) is 1. The third-order valence-electron chi connectivity index (χ3n) is 7.75. The lowest BCUT2D eigenvalue weighted by molar-refractivity contribution is -0.880. The van der Waals surface area contributed by atoms with Crippen molar-refractivity contribution in [3.63, 3.8) is 0 Å². The van der Waals surface area contributed by atoms with Crippen LogP contribution < -0.4 is 9.64 Å². The predicted octanol–water partition coefficient (Wildman–Crippen LogP) is 1.07. The molecule has 0 spiro atoms. The Morgan fingerprint density at radius 1 is 1.14 bits per heavy atom. The minimum Gasteiger partial charge on any atom is -0.482 e. The second-order valence-corrected chi connectivity index (χ2v) is 10.5. The number of hydrogen-bond acceptors (Lipinski definition) is 6. The molecule has 1 aromatic carbocycles. The number of likely N-dealkylation sites (N-methyl/N-ethyl adjacent to an activating group) is 1. The van der Waals surface area contributed by atoms with Gasteiger partial charge in [0.05, 0.1) is 32.5 Å². The normalized spacial score (nSPS) is 23.4. The fourth-order valence-electron chi connectivity index (χ4n) is 5.74. The second kappa shape index (κ2) is 16.2. The molecule has 0 aliphatic heterocycles. The number of fused-ring (bicyclic) bond motifs is 2. The third kappa shape index (κ3) is 9.63. The molecule has 0 saturated heterocycles. The highest BCUT2D eigenvalue weighted by Gasteiger charge is 2.44. The molecule has 0 heterocycles. The topological polar surface area (TPSA) is 132 Å². The lowest BCUT2D eigenvalue weighted by Gasteiger charge is -2.32. The van der Waals surface area contributed by atoms with Crippen LogP contribution in [0.15, 0.2) is 18.2 Å². The summed E-state index contributed by atoms with van der Waals surface area (Å²) < 4.78 is 5.50. The molecule has 1 saturated carbocycles. The Bertz CT molecular complexity index is 768. The molecule has 0 bridgehead atoms. The number of carboxylic acids is 1. The van der Waals surface area contributed by atoms with Crippen LogP contribution in [0.2, 0.25) is 0 Å². The van der Waals surface area contributed by atoms with Gasteiger partial charge in [0.2, 0.25) is 0 Å². The van der Waals surface area contributed by atoms with Crippen molar-refractivity contribution in [2.75, 3.05) is 40.0 Å². The van der Waals surface area contributed by atoms with Crippen molar-refractivity contribution >= 4 is 5.97 Å². The minimum atomic E-state index is -0.972. The maximum Gasteiger partial charge on any atom is 0.341 e. The van der Waals surface area contributed by atoms with Crippen LogP contribution in [0, 0.1) is 17.8 Å². The first-order chi connectivity index (χ1) is 17.3. The van der Waals surface area contributed by atoms with Crippen LogP contribution in [-0.4, -0.2) is 83.7 Å². The highest BCUT2D eigenvalue weighted by atomic mass is 16.5. The molecule has 2 aliphatic rings. The average molecular weight is 511 g/mol. The van der Waals surface area contributed by atoms with Crippen molar-refractivity contribution in [3.8, 4) is 5.75 Å². The van der Waals surface area contributed by atoms with Crippen LogP contribution in [-0.2, 0) is 17.6 Å². The van der Waals surface area contributed by atoms with E-state index in [1.165, 1.54) is 5.56 Å². The number of carboxylic acid groups (broad SMARTS) is 1. The number of hydrogen-bond donors (Lipinski definition) is 6. The van der Waals surface area contributed by atoms with Gasteiger partial charge in [-0.1, -0.05) is 38.3 Å². The van der Waals surface area contributed by atoms with E-state index in [4.69, 9.17) is 20.1 Å². The molecule has 206 valence electrons. The molecule has 8 heteroatoms. The molecule has 8 nitrogen and oxygen atoms in total. The van der Waals surface area contributed by atoms with Gasteiger partial charge in [0.15, 0.2) is 6.61 Å². The van der Waals surface area contributed by atoms with E-state index >= 15 is 0 Å². The van der Waals surface area contributed by atoms with Gasteiger partial charge < -0.3 is 35.2 Å². The van der Waals surface area contributed by atoms with Gasteiger partial charge in [0.25, 0.3) is 0 Å². The average Bonchev–Trinajstić information content (AvgIpc) is 3.14. The summed E-state index contributed by atoms with van der Waals surface area (Å²) >= 11 is 0. The Labute approximate surface area is 215 Å². The Balaban J connectivity index is 0.000000493. The third-order valence-corrected chi connectivity index (χ3v) is 7.75. The highest BCUT2D eigenvalue weighted by Crippen LogP contribution is 2.48. The summed E-state index contributed by atoms with van der Waals surface area (Å²) in [6, 6.07) is 5.87. The summed E-state index contributed by atoms with van der Waals surface area (Å²) in [5, 5.41) is 46.6. The lowest BCUT2D eigenvalue weighted by atomic mass is 9.73. The number of rotatable bonds is 14. The van der Waals surface area contributed by atoms with Gasteiger partial charge in [-0.05, 0) is 73.5 Å². The Morgan fingerprint density at radius 2 is 1.86 bits per heavy atom. The number of ether oxygens (including phenoxy) is 1. The fourth-order valence-corrected chi connectivity index (χ4v) is 5.74. The molecule has 0 amide bonds. The van der Waals surface area contributed by atoms with Crippen molar-refractivity contribution in [3.05, 3.63) is 29.3 Å². The van der Waals surface area contributed by atoms with Gasteiger partial charge in [-0.2, -0.15) is 0 Å². The van der Waals surface area contributed by atoms with Crippen LogP contribution in [0.4, 0.5) is 0 Å². The van der Waals surface area contributed by atoms with Gasteiger partial charge in [0, 0.05) is 0 Å². The molecule has 1 fully saturated rings. The molecule has 5 atom stereocenters. The van der Waals surface area contributed by atoms with Gasteiger partial charge in [0.1, 0.15) is 18.8 Å². The van der Waals surface area contributed by atoms with Crippen LogP contribution in [0.1, 0.15) is 63.0 Å². The standard InChI is InChI=1S/C23H34O5.C5H13NO2/c1-2-3-4-7-17(24)9-10-18-19-11-15-6-5-8-22(28-14-23(26)27)20(15)12-16(19)13-21(18)25;1-6(2-4-7)3-5-8/h5-6,8,16-19,21,24-25H,2-4,7,9-14H2,1H3,(H,26,27);7-8H,2-5H2,1H3/p+1/t16-,17-,18+,19-,21+;/m0./s1. The van der Waals surface area contributed by atoms with E-state index in [1.54, 1.807) is 0 Å². The Hall–Kier alpha value is -1.71. The molecular weight excluding hydrogens is 462 g/mol. The zero-order valence-electron chi connectivity index (χ0n) is 22.1. The van der Waals surface area contributed by atoms with Crippen molar-refractivity contribution in [2.45, 2.75) is 76.9 Å². The first kappa shape index (κ1) is 30.5. The summed E-state index contributed by atoms with van der Waals surface area (Å²) in [6.45, 7) is 3.69. The fraction of sp³-hybridized carbons (Fsp3) is 0.750. The quantitative estimate of drug-likeness (QED) is 0.206. The minimum absolute atomic E-state index is 0.200. The summed E-state index contributed by atoms with van der Waals surface area (Å²) in [6.07, 6.45) is 7.85. The summed E-state index contributed by atoms with van der Waals surface area (Å²) in [4.78, 5) is 12.0. The van der Waals surface area contributed by atoms with Crippen LogP contribution in [0.25, 0.3) is 0 Å². The van der Waals surface area contributed by atoms with E-state index in [9.17, 15) is 15.0 Å². The predicted molar refractivity (Wildman–Crippen MR) is 138 cm³/mol. The molecule has 3 rings (SSSR count). The maximum absolute atomic E-state index is 10.8. The number of carbonyl (C=O) groups is 1. The zero-order valence-corrected chi connectivity index (χ0v) is 22.1. The smallest absolute Gasteiger partial charge is 0.341 e. The van der Waals surface area contributed by atoms with Crippen LogP contribution in [0.5, 0.6) is 5.75 Å². The first-order valence-electron chi connectivity index (χ1n) is 13.6. The SMILES string of the molecule is CCCCC[C@H](O)CC[C@@H]1[C@H]2Cc3cccc(OCC(=O)O)c3C[C@H]2C[C@H]1O.C[NH+](CCO)CCO. The van der Waals surface area contributed by atoms with E-state index in [-0.39, 0.29) is 37.9 Å². The van der Waals surface area contributed by atoms with Crippen molar-refractivity contribution in [1.29, 1.82) is 0 Å². The van der Waals surface area contributed by atoms with E-state index in [2.05, 4.69) is 13.0 Å². The van der Waals surface area contributed by atoms with Gasteiger partial charge >= 0.3 is 5.97 Å². The van der Waals surface area contributed by atoms with Crippen molar-refractivity contribution in [2.24, 2.45) is 17.8 Å². The number of aliphatic hydroxyl groups is 4. The largest absolute Gasteiger partial charge is 0.482 e. The van der Waals surface area contributed by atoms with Gasteiger partial charge in [-0.25, -0.2) is 4.79 Å². The number of unbranched alkanes of at least 4 members (excludes halogenated alkanes) is 2. The summed E-state index contributed by atoms with van der Waals surface area (Å²) in [5.41, 5.74) is 2.32. The van der Waals surface area contributed by atoms with Crippen LogP contribution >= 0.6 is 0 Å². The van der Waals surface area contributed by atoms with Gasteiger partial charge in [-0.3, -0.25) is 0 Å². The Morgan fingerprint density at radius 3 is 2.50 bits per heavy atom. The number of aliphatic hydroxyl groups excluding tert-OH is 4. The van der Waals surface area contributed by atoms with Crippen LogP contribution in [0.3, 0.4) is 0 Å². The zero-order chi connectivity index (χ0) is 26.5. The summed E-state index contributed by atoms with van der Waals surface area (Å²) in [5.74, 6) is 0.768. The summed E-state index contributed by atoms with van der Waals surface area (Å²) in [7, 11) is 1.94. The van der Waals surface area contributed by atoms with E-state index in [0.29, 0.717) is 17.6 Å². The number of aliphatic carboxylic acids is 1. The molecule has 2 aliphatic carbocycles. The van der Waals surface area contributed by atoms with Crippen molar-refractivity contribution in [1.82, 2.24) is 0 Å². The molecule has 0 radical (unpaired) electrons. The first-order valence-corrected chi connectivity index (χ1v) is 13.6. The number of quaternary nitrogens is 1. The maximum atomic E-state index is 10.8. The van der Waals surface area contributed by atoms with Gasteiger partial charge in [-0.15, -0.1) is 0 Å². The molecule has 0 aromatic heterocycles. The van der Waals surface area contributed by atoms with E-state index in [0.717, 1.165) is 81.3 Å². The van der Waals surface area contributed by atoms with Crippen molar-refractivity contribution < 1.29 is 40.0 Å². The molecule has 1 aromatic rings. The highest BCUT2D eigenvalue weighted by molar-refractivity contribution is 5.68.